The highest BCUT2D eigenvalue weighted by atomic mass is 127. The average Bonchev–Trinajstić information content (AvgIpc) is 2.42. The molecular formula is C9H11IN2O4. The molecule has 1 heterocycles. The van der Waals surface area contributed by atoms with Crippen LogP contribution in [-0.4, -0.2) is 31.9 Å². The van der Waals surface area contributed by atoms with Gasteiger partial charge in [0, 0.05) is 5.69 Å². The van der Waals surface area contributed by atoms with Gasteiger partial charge in [0.15, 0.2) is 6.04 Å². The van der Waals surface area contributed by atoms with Gasteiger partial charge in [0.25, 0.3) is 0 Å². The second-order valence-corrected chi connectivity index (χ2v) is 4.46. The Hall–Kier alpha value is -1.12. The first-order valence-electron chi connectivity index (χ1n) is 4.50. The van der Waals surface area contributed by atoms with Gasteiger partial charge in [-0.25, -0.2) is 4.79 Å². The van der Waals surface area contributed by atoms with E-state index in [4.69, 9.17) is 10.2 Å². The Morgan fingerprint density at radius 1 is 1.44 bits per heavy atom. The van der Waals surface area contributed by atoms with Crippen LogP contribution in [0.15, 0.2) is 0 Å². The highest BCUT2D eigenvalue weighted by Gasteiger charge is 2.26. The van der Waals surface area contributed by atoms with Crippen LogP contribution in [0.1, 0.15) is 23.9 Å². The number of carboxylic acids is 2. The highest BCUT2D eigenvalue weighted by molar-refractivity contribution is 14.1. The number of aromatic nitrogens is 2. The Morgan fingerprint density at radius 3 is 2.31 bits per heavy atom. The van der Waals surface area contributed by atoms with E-state index in [-0.39, 0.29) is 0 Å². The summed E-state index contributed by atoms with van der Waals surface area (Å²) >= 11 is 2.06. The van der Waals surface area contributed by atoms with Crippen LogP contribution in [-0.2, 0) is 9.59 Å². The van der Waals surface area contributed by atoms with Crippen molar-refractivity contribution in [3.05, 3.63) is 15.0 Å². The fourth-order valence-corrected chi connectivity index (χ4v) is 1.75. The van der Waals surface area contributed by atoms with Crippen molar-refractivity contribution in [2.24, 2.45) is 0 Å². The smallest absolute Gasteiger partial charge is 0.329 e. The predicted octanol–water partition coefficient (Wildman–Crippen LogP) is 1.20. The lowest BCUT2D eigenvalue weighted by atomic mass is 10.2. The molecule has 0 spiro atoms. The summed E-state index contributed by atoms with van der Waals surface area (Å²) in [6.45, 7) is 3.48. The zero-order valence-corrected chi connectivity index (χ0v) is 10.9. The Morgan fingerprint density at radius 2 is 2.00 bits per heavy atom. The molecule has 0 aromatic carbocycles. The fraction of sp³-hybridized carbons (Fsp3) is 0.444. The third kappa shape index (κ3) is 2.52. The van der Waals surface area contributed by atoms with Gasteiger partial charge in [-0.05, 0) is 36.4 Å². The molecule has 16 heavy (non-hydrogen) atoms. The Labute approximate surface area is 105 Å². The maximum atomic E-state index is 11.0. The van der Waals surface area contributed by atoms with Crippen molar-refractivity contribution in [2.45, 2.75) is 26.3 Å². The lowest BCUT2D eigenvalue weighted by molar-refractivity contribution is -0.147. The average molecular weight is 338 g/mol. The Bertz CT molecular complexity index is 441. The number of hydrogen-bond donors (Lipinski definition) is 2. The van der Waals surface area contributed by atoms with E-state index in [0.717, 1.165) is 3.57 Å². The number of carboxylic acid groups (broad SMARTS) is 2. The minimum Gasteiger partial charge on any atom is -0.481 e. The molecule has 6 nitrogen and oxygen atoms in total. The van der Waals surface area contributed by atoms with E-state index in [1.807, 2.05) is 0 Å². The minimum absolute atomic E-state index is 0.479. The van der Waals surface area contributed by atoms with Gasteiger partial charge in [0.1, 0.15) is 0 Å². The van der Waals surface area contributed by atoms with Crippen molar-refractivity contribution in [3.63, 3.8) is 0 Å². The molecular weight excluding hydrogens is 327 g/mol. The van der Waals surface area contributed by atoms with Crippen LogP contribution >= 0.6 is 22.6 Å². The number of aryl methyl sites for hydroxylation is 1. The van der Waals surface area contributed by atoms with Crippen LogP contribution in [0.4, 0.5) is 0 Å². The van der Waals surface area contributed by atoms with E-state index >= 15 is 0 Å². The first kappa shape index (κ1) is 12.9. The summed E-state index contributed by atoms with van der Waals surface area (Å²) in [6, 6.07) is -1.15. The molecule has 0 saturated carbocycles. The summed E-state index contributed by atoms with van der Waals surface area (Å²) in [6.07, 6.45) is -0.479. The Kier molecular flexibility index (Phi) is 3.89. The van der Waals surface area contributed by atoms with Crippen LogP contribution in [0.2, 0.25) is 0 Å². The summed E-state index contributed by atoms with van der Waals surface area (Å²) in [5, 5.41) is 21.7. The van der Waals surface area contributed by atoms with Crippen molar-refractivity contribution in [1.29, 1.82) is 0 Å². The molecule has 0 fully saturated rings. The molecule has 0 bridgehead atoms. The zero-order chi connectivity index (χ0) is 12.5. The van der Waals surface area contributed by atoms with Gasteiger partial charge in [0.05, 0.1) is 15.7 Å². The monoisotopic (exact) mass is 338 g/mol. The molecule has 0 amide bonds. The molecule has 1 unspecified atom stereocenters. The maximum Gasteiger partial charge on any atom is 0.329 e. The largest absolute Gasteiger partial charge is 0.481 e. The number of hydrogen-bond acceptors (Lipinski definition) is 3. The Balaban J connectivity index is 3.16. The van der Waals surface area contributed by atoms with Crippen LogP contribution in [0.5, 0.6) is 0 Å². The van der Waals surface area contributed by atoms with Crippen LogP contribution in [0.25, 0.3) is 0 Å². The molecule has 1 rings (SSSR count). The number of nitrogens with zero attached hydrogens (tertiary/aromatic N) is 2. The van der Waals surface area contributed by atoms with E-state index in [0.29, 0.717) is 11.4 Å². The first-order chi connectivity index (χ1) is 7.34. The highest BCUT2D eigenvalue weighted by Crippen LogP contribution is 2.21. The number of rotatable bonds is 4. The fourth-order valence-electron chi connectivity index (χ4n) is 1.39. The molecule has 1 aromatic heterocycles. The van der Waals surface area contributed by atoms with Gasteiger partial charge in [-0.3, -0.25) is 9.48 Å². The molecule has 1 aromatic rings. The van der Waals surface area contributed by atoms with E-state index in [9.17, 15) is 9.59 Å². The van der Waals surface area contributed by atoms with Gasteiger partial charge in [0.2, 0.25) is 0 Å². The van der Waals surface area contributed by atoms with Crippen molar-refractivity contribution < 1.29 is 19.8 Å². The van der Waals surface area contributed by atoms with Crippen molar-refractivity contribution in [2.75, 3.05) is 0 Å². The molecule has 0 saturated heterocycles. The van der Waals surface area contributed by atoms with Crippen molar-refractivity contribution in [1.82, 2.24) is 9.78 Å². The van der Waals surface area contributed by atoms with Gasteiger partial charge in [-0.1, -0.05) is 0 Å². The minimum atomic E-state index is -1.19. The standard InChI is InChI=1S/C9H11IN2O4/c1-4-8(10)5(2)12(11-4)6(9(15)16)3-7(13)14/h6H,3H2,1-2H3,(H,13,14)(H,15,16). The quantitative estimate of drug-likeness (QED) is 0.805. The lowest BCUT2D eigenvalue weighted by Crippen LogP contribution is -2.24. The van der Waals surface area contributed by atoms with Gasteiger partial charge in [-0.15, -0.1) is 0 Å². The molecule has 2 N–H and O–H groups in total. The lowest BCUT2D eigenvalue weighted by Gasteiger charge is -2.12. The molecule has 88 valence electrons. The summed E-state index contributed by atoms with van der Waals surface area (Å²) in [5.74, 6) is -2.35. The van der Waals surface area contributed by atoms with Crippen molar-refractivity contribution in [3.8, 4) is 0 Å². The number of halogens is 1. The van der Waals surface area contributed by atoms with E-state index < -0.39 is 24.4 Å². The number of aliphatic carboxylic acids is 2. The topological polar surface area (TPSA) is 92.4 Å². The molecule has 0 radical (unpaired) electrons. The second kappa shape index (κ2) is 4.81. The molecule has 0 aliphatic carbocycles. The van der Waals surface area contributed by atoms with E-state index in [2.05, 4.69) is 27.7 Å². The summed E-state index contributed by atoms with van der Waals surface area (Å²) in [7, 11) is 0. The van der Waals surface area contributed by atoms with Crippen LogP contribution in [0.3, 0.4) is 0 Å². The number of carbonyl (C=O) groups is 2. The molecule has 1 atom stereocenters. The van der Waals surface area contributed by atoms with Crippen LogP contribution in [0, 0.1) is 17.4 Å². The summed E-state index contributed by atoms with van der Waals surface area (Å²) in [4.78, 5) is 21.6. The molecule has 0 aliphatic heterocycles. The third-order valence-electron chi connectivity index (χ3n) is 2.18. The molecule has 7 heteroatoms. The SMILES string of the molecule is Cc1nn(C(CC(=O)O)C(=O)O)c(C)c1I. The van der Waals surface area contributed by atoms with Gasteiger partial charge in [-0.2, -0.15) is 5.10 Å². The first-order valence-corrected chi connectivity index (χ1v) is 5.58. The predicted molar refractivity (Wildman–Crippen MR) is 63.3 cm³/mol. The molecule has 0 aliphatic rings. The van der Waals surface area contributed by atoms with Gasteiger partial charge >= 0.3 is 11.9 Å². The van der Waals surface area contributed by atoms with Gasteiger partial charge < -0.3 is 10.2 Å². The van der Waals surface area contributed by atoms with Crippen molar-refractivity contribution >= 4 is 34.5 Å². The van der Waals surface area contributed by atoms with E-state index in [1.54, 1.807) is 13.8 Å². The summed E-state index contributed by atoms with van der Waals surface area (Å²) < 4.78 is 2.11. The summed E-state index contributed by atoms with van der Waals surface area (Å²) in [5.41, 5.74) is 1.38. The second-order valence-electron chi connectivity index (χ2n) is 3.38. The van der Waals surface area contributed by atoms with Crippen LogP contribution < -0.4 is 0 Å². The van der Waals surface area contributed by atoms with E-state index in [1.165, 1.54) is 4.68 Å². The normalized spacial score (nSPS) is 12.4. The zero-order valence-electron chi connectivity index (χ0n) is 8.77. The maximum absolute atomic E-state index is 11.0. The third-order valence-corrected chi connectivity index (χ3v) is 3.75.